The second-order valence-corrected chi connectivity index (χ2v) is 8.95. The fourth-order valence-corrected chi connectivity index (χ4v) is 3.54. The topological polar surface area (TPSA) is 29.5 Å². The summed E-state index contributed by atoms with van der Waals surface area (Å²) in [7, 11) is 1.62. The molecule has 20 heavy (non-hydrogen) atoms. The fourth-order valence-electron chi connectivity index (χ4n) is 2.71. The molecule has 5 heteroatoms. The molecule has 1 fully saturated rings. The molecule has 0 saturated carbocycles. The summed E-state index contributed by atoms with van der Waals surface area (Å²) in [5.41, 5.74) is -0.280. The van der Waals surface area contributed by atoms with Crippen molar-refractivity contribution in [1.29, 1.82) is 0 Å². The van der Waals surface area contributed by atoms with E-state index in [0.717, 1.165) is 25.9 Å². The van der Waals surface area contributed by atoms with Gasteiger partial charge in [-0.15, -0.1) is 11.7 Å². The van der Waals surface area contributed by atoms with Gasteiger partial charge in [-0.3, -0.25) is 4.79 Å². The first-order valence-corrected chi connectivity index (χ1v) is 9.23. The molecule has 0 aromatic carbocycles. The van der Waals surface area contributed by atoms with Crippen LogP contribution in [0.2, 0.25) is 0 Å². The highest BCUT2D eigenvalue weighted by atomic mass is 33.1. The molecule has 0 radical (unpaired) electrons. The van der Waals surface area contributed by atoms with Crippen LogP contribution in [0.4, 0.5) is 0 Å². The summed E-state index contributed by atoms with van der Waals surface area (Å²) in [6.07, 6.45) is 1.74. The molecule has 0 N–H and O–H groups in total. The van der Waals surface area contributed by atoms with Gasteiger partial charge >= 0.3 is 0 Å². The third-order valence-electron chi connectivity index (χ3n) is 3.90. The van der Waals surface area contributed by atoms with Crippen molar-refractivity contribution in [2.75, 3.05) is 13.1 Å². The molecule has 1 amide bonds. The summed E-state index contributed by atoms with van der Waals surface area (Å²) < 4.78 is 5.93. The van der Waals surface area contributed by atoms with Gasteiger partial charge in [0, 0.05) is 17.8 Å². The molecule has 1 rings (SSSR count). The number of hydrogen-bond acceptors (Lipinski definition) is 4. The maximum atomic E-state index is 12.4. The van der Waals surface area contributed by atoms with Crippen molar-refractivity contribution in [2.45, 2.75) is 70.8 Å². The highest BCUT2D eigenvalue weighted by molar-refractivity contribution is 8.69. The average Bonchev–Trinajstić information content (AvgIpc) is 2.36. The minimum Gasteiger partial charge on any atom is -0.363 e. The monoisotopic (exact) mass is 319 g/mol. The fraction of sp³-hybridized carbons (Fsp3) is 0.933. The van der Waals surface area contributed by atoms with Crippen LogP contribution in [0.5, 0.6) is 0 Å². The molecule has 0 aromatic heterocycles. The molecule has 1 aliphatic heterocycles. The number of ether oxygens (including phenoxy) is 1. The largest absolute Gasteiger partial charge is 0.363 e. The van der Waals surface area contributed by atoms with Gasteiger partial charge in [0.2, 0.25) is 0 Å². The lowest BCUT2D eigenvalue weighted by Crippen LogP contribution is -2.47. The molecule has 0 aliphatic carbocycles. The Morgan fingerprint density at radius 3 is 2.15 bits per heavy atom. The summed E-state index contributed by atoms with van der Waals surface area (Å²) >= 11 is 4.37. The van der Waals surface area contributed by atoms with Crippen LogP contribution in [-0.4, -0.2) is 40.3 Å². The van der Waals surface area contributed by atoms with Crippen molar-refractivity contribution in [3.63, 3.8) is 0 Å². The van der Waals surface area contributed by atoms with Gasteiger partial charge in [0.1, 0.15) is 6.10 Å². The second kappa shape index (κ2) is 6.93. The smallest absolute Gasteiger partial charge is 0.251 e. The zero-order chi connectivity index (χ0) is 15.6. The van der Waals surface area contributed by atoms with Crippen molar-refractivity contribution in [3.8, 4) is 0 Å². The molecule has 0 bridgehead atoms. The Morgan fingerprint density at radius 1 is 1.25 bits per heavy atom. The van der Waals surface area contributed by atoms with Gasteiger partial charge in [0.05, 0.1) is 5.60 Å². The van der Waals surface area contributed by atoms with Gasteiger partial charge in [-0.2, -0.15) is 0 Å². The van der Waals surface area contributed by atoms with Gasteiger partial charge in [0.25, 0.3) is 5.91 Å². The van der Waals surface area contributed by atoms with E-state index in [1.165, 1.54) is 0 Å². The number of carbonyl (C=O) groups is 1. The number of amides is 1. The molecule has 118 valence electrons. The molecule has 0 spiro atoms. The lowest BCUT2D eigenvalue weighted by molar-refractivity contribution is -0.152. The summed E-state index contributed by atoms with van der Waals surface area (Å²) in [5, 5.41) is 0. The van der Waals surface area contributed by atoms with Gasteiger partial charge < -0.3 is 9.64 Å². The molecule has 3 nitrogen and oxygen atoms in total. The Kier molecular flexibility index (Phi) is 6.30. The van der Waals surface area contributed by atoms with Crippen LogP contribution >= 0.6 is 22.5 Å². The van der Waals surface area contributed by atoms with Gasteiger partial charge in [-0.05, 0) is 60.3 Å². The SMILES string of the molecule is CC(OC(C)(C)C)C(=O)N1CCC(C(C)(C)SS)CC1. The van der Waals surface area contributed by atoms with Crippen molar-refractivity contribution >= 4 is 28.4 Å². The Morgan fingerprint density at radius 2 is 1.75 bits per heavy atom. The molecule has 1 saturated heterocycles. The third kappa shape index (κ3) is 5.15. The number of rotatable bonds is 4. The van der Waals surface area contributed by atoms with Crippen LogP contribution in [0.25, 0.3) is 0 Å². The predicted molar refractivity (Wildman–Crippen MR) is 90.3 cm³/mol. The Hall–Kier alpha value is 0.130. The van der Waals surface area contributed by atoms with Gasteiger partial charge in [-0.1, -0.05) is 10.8 Å². The summed E-state index contributed by atoms with van der Waals surface area (Å²) in [6.45, 7) is 13.9. The quantitative estimate of drug-likeness (QED) is 0.631. The van der Waals surface area contributed by atoms with Crippen LogP contribution in [0, 0.1) is 5.92 Å². The summed E-state index contributed by atoms with van der Waals surface area (Å²) in [4.78, 5) is 14.3. The first-order valence-electron chi connectivity index (χ1n) is 7.36. The van der Waals surface area contributed by atoms with Crippen LogP contribution in [0.1, 0.15) is 54.4 Å². The van der Waals surface area contributed by atoms with E-state index in [1.807, 2.05) is 32.6 Å². The average molecular weight is 320 g/mol. The minimum absolute atomic E-state index is 0.120. The number of nitrogens with zero attached hydrogens (tertiary/aromatic N) is 1. The van der Waals surface area contributed by atoms with E-state index < -0.39 is 0 Å². The molecule has 1 atom stereocenters. The van der Waals surface area contributed by atoms with E-state index in [9.17, 15) is 4.79 Å². The van der Waals surface area contributed by atoms with Gasteiger partial charge in [-0.25, -0.2) is 0 Å². The van der Waals surface area contributed by atoms with E-state index in [0.29, 0.717) is 5.92 Å². The molecule has 0 aromatic rings. The Bertz CT molecular complexity index is 331. The first kappa shape index (κ1) is 18.2. The highest BCUT2D eigenvalue weighted by Crippen LogP contribution is 2.40. The normalized spacial score (nSPS) is 20.1. The lowest BCUT2D eigenvalue weighted by Gasteiger charge is -2.40. The highest BCUT2D eigenvalue weighted by Gasteiger charge is 2.35. The summed E-state index contributed by atoms with van der Waals surface area (Å²) in [5.74, 6) is 0.739. The number of carbonyl (C=O) groups excluding carboxylic acids is 1. The standard InChI is InChI=1S/C15H29NO2S2/c1-11(18-14(2,3)4)13(17)16-9-7-12(8-10-16)15(5,6)20-19/h11-12,19H,7-10H2,1-6H3. The molecule has 1 aliphatic rings. The zero-order valence-corrected chi connectivity index (χ0v) is 15.3. The van der Waals surface area contributed by atoms with Crippen molar-refractivity contribution in [3.05, 3.63) is 0 Å². The first-order chi connectivity index (χ1) is 9.07. The van der Waals surface area contributed by atoms with E-state index in [2.05, 4.69) is 25.5 Å². The molecule has 1 heterocycles. The van der Waals surface area contributed by atoms with E-state index >= 15 is 0 Å². The third-order valence-corrected chi connectivity index (χ3v) is 6.12. The number of thiol groups is 1. The maximum absolute atomic E-state index is 12.4. The number of piperidine rings is 1. The minimum atomic E-state index is -0.362. The van der Waals surface area contributed by atoms with Crippen molar-refractivity contribution in [2.24, 2.45) is 5.92 Å². The van der Waals surface area contributed by atoms with Crippen LogP contribution in [-0.2, 0) is 9.53 Å². The number of hydrogen-bond donors (Lipinski definition) is 1. The van der Waals surface area contributed by atoms with Crippen LogP contribution in [0.3, 0.4) is 0 Å². The molecular weight excluding hydrogens is 290 g/mol. The number of likely N-dealkylation sites (tertiary alicyclic amines) is 1. The van der Waals surface area contributed by atoms with E-state index in [-0.39, 0.29) is 22.4 Å². The van der Waals surface area contributed by atoms with E-state index in [4.69, 9.17) is 4.74 Å². The van der Waals surface area contributed by atoms with Crippen LogP contribution in [0.15, 0.2) is 0 Å². The lowest BCUT2D eigenvalue weighted by atomic mass is 9.85. The maximum Gasteiger partial charge on any atom is 0.251 e. The van der Waals surface area contributed by atoms with Crippen molar-refractivity contribution < 1.29 is 9.53 Å². The van der Waals surface area contributed by atoms with Gasteiger partial charge in [0.15, 0.2) is 0 Å². The second-order valence-electron chi connectivity index (χ2n) is 7.17. The summed E-state index contributed by atoms with van der Waals surface area (Å²) in [6, 6.07) is 0. The van der Waals surface area contributed by atoms with Crippen LogP contribution < -0.4 is 0 Å². The predicted octanol–water partition coefficient (Wildman–Crippen LogP) is 3.79. The Balaban J connectivity index is 2.51. The zero-order valence-electron chi connectivity index (χ0n) is 13.6. The van der Waals surface area contributed by atoms with Crippen molar-refractivity contribution in [1.82, 2.24) is 4.90 Å². The molecule has 1 unspecified atom stereocenters. The Labute approximate surface area is 133 Å². The molecular formula is C15H29NO2S2. The van der Waals surface area contributed by atoms with E-state index in [1.54, 1.807) is 10.8 Å².